The molecule has 0 saturated heterocycles. The van der Waals surface area contributed by atoms with Gasteiger partial charge in [-0.25, -0.2) is 0 Å². The Hall–Kier alpha value is -3.56. The summed E-state index contributed by atoms with van der Waals surface area (Å²) < 4.78 is 0. The van der Waals surface area contributed by atoms with Crippen LogP contribution in [0.25, 0.3) is 0 Å². The Kier molecular flexibility index (Phi) is 6.83. The van der Waals surface area contributed by atoms with Crippen molar-refractivity contribution in [3.05, 3.63) is 69.8 Å². The minimum atomic E-state index is -0.984. The lowest BCUT2D eigenvalue weighted by Gasteiger charge is -2.42. The summed E-state index contributed by atoms with van der Waals surface area (Å²) >= 11 is 0. The van der Waals surface area contributed by atoms with E-state index in [2.05, 4.69) is 0 Å². The lowest BCUT2D eigenvalue weighted by Crippen LogP contribution is -2.50. The number of fused-ring (bicyclic) bond motifs is 2. The van der Waals surface area contributed by atoms with Gasteiger partial charge in [0.25, 0.3) is 11.8 Å². The molecule has 3 atom stereocenters. The number of aliphatic hydroxyl groups excluding tert-OH is 2. The van der Waals surface area contributed by atoms with Crippen LogP contribution in [-0.2, 0) is 29.2 Å². The molecule has 1 fully saturated rings. The Morgan fingerprint density at radius 3 is 2.08 bits per heavy atom. The number of carbonyl (C=O) groups excluding carboxylic acids is 3. The van der Waals surface area contributed by atoms with Gasteiger partial charge in [0.05, 0.1) is 48.8 Å². The van der Waals surface area contributed by atoms with Crippen molar-refractivity contribution in [2.24, 2.45) is 11.8 Å². The molecule has 3 aliphatic rings. The SMILES string of the molecule is O=C(O)[C@@H]1CCCC[C@@H]1C(=O)N1CCc2cc(CO)c(CO)cc2[C@@H]1CN1C(=O)c2ccccc2C1=O. The van der Waals surface area contributed by atoms with Crippen LogP contribution in [0.3, 0.4) is 0 Å². The van der Waals surface area contributed by atoms with Crippen LogP contribution in [-0.4, -0.2) is 61.9 Å². The number of aliphatic carboxylic acids is 1. The molecule has 2 heterocycles. The van der Waals surface area contributed by atoms with Crippen molar-refractivity contribution < 1.29 is 34.5 Å². The Balaban J connectivity index is 1.55. The summed E-state index contributed by atoms with van der Waals surface area (Å²) in [5, 5.41) is 29.5. The number of hydrogen-bond acceptors (Lipinski definition) is 6. The predicted molar refractivity (Wildman–Crippen MR) is 131 cm³/mol. The van der Waals surface area contributed by atoms with E-state index in [1.54, 1.807) is 41.3 Å². The Labute approximate surface area is 214 Å². The molecule has 2 aliphatic heterocycles. The van der Waals surface area contributed by atoms with Gasteiger partial charge in [-0.1, -0.05) is 37.1 Å². The highest BCUT2D eigenvalue weighted by atomic mass is 16.4. The summed E-state index contributed by atoms with van der Waals surface area (Å²) in [4.78, 5) is 55.0. The zero-order valence-corrected chi connectivity index (χ0v) is 20.4. The highest BCUT2D eigenvalue weighted by Gasteiger charge is 2.44. The fraction of sp³-hybridized carbons (Fsp3) is 0.429. The van der Waals surface area contributed by atoms with Gasteiger partial charge < -0.3 is 20.2 Å². The fourth-order valence-electron chi connectivity index (χ4n) is 6.12. The number of hydrogen-bond donors (Lipinski definition) is 3. The number of rotatable bonds is 6. The lowest BCUT2D eigenvalue weighted by molar-refractivity contribution is -0.153. The van der Waals surface area contributed by atoms with Gasteiger partial charge in [-0.3, -0.25) is 24.1 Å². The van der Waals surface area contributed by atoms with E-state index >= 15 is 0 Å². The fourth-order valence-corrected chi connectivity index (χ4v) is 6.12. The second-order valence-corrected chi connectivity index (χ2v) is 10.0. The topological polar surface area (TPSA) is 135 Å². The molecule has 1 aliphatic carbocycles. The van der Waals surface area contributed by atoms with Crippen LogP contribution < -0.4 is 0 Å². The van der Waals surface area contributed by atoms with E-state index in [4.69, 9.17) is 0 Å². The molecule has 9 nitrogen and oxygen atoms in total. The molecule has 0 unspecified atom stereocenters. The number of carboxylic acids is 1. The molecule has 0 bridgehead atoms. The monoisotopic (exact) mass is 506 g/mol. The molecule has 9 heteroatoms. The van der Waals surface area contributed by atoms with E-state index in [9.17, 15) is 34.5 Å². The van der Waals surface area contributed by atoms with E-state index in [1.165, 1.54) is 0 Å². The van der Waals surface area contributed by atoms with Gasteiger partial charge >= 0.3 is 5.97 Å². The van der Waals surface area contributed by atoms with E-state index in [0.717, 1.165) is 23.3 Å². The average molecular weight is 507 g/mol. The van der Waals surface area contributed by atoms with E-state index in [0.29, 0.717) is 53.6 Å². The van der Waals surface area contributed by atoms with Crippen LogP contribution in [0, 0.1) is 11.8 Å². The van der Waals surface area contributed by atoms with Gasteiger partial charge in [0.2, 0.25) is 5.91 Å². The number of aliphatic hydroxyl groups is 2. The number of benzene rings is 2. The van der Waals surface area contributed by atoms with Crippen molar-refractivity contribution in [3.63, 3.8) is 0 Å². The third-order valence-electron chi connectivity index (χ3n) is 8.08. The summed E-state index contributed by atoms with van der Waals surface area (Å²) in [6.45, 7) is -0.359. The second-order valence-electron chi connectivity index (χ2n) is 10.0. The predicted octanol–water partition coefficient (Wildman–Crippen LogP) is 2.28. The number of amides is 3. The van der Waals surface area contributed by atoms with Crippen molar-refractivity contribution in [2.45, 2.75) is 51.4 Å². The first-order valence-corrected chi connectivity index (χ1v) is 12.7. The van der Waals surface area contributed by atoms with Gasteiger partial charge in [0.1, 0.15) is 0 Å². The van der Waals surface area contributed by atoms with Crippen molar-refractivity contribution in [1.82, 2.24) is 9.80 Å². The van der Waals surface area contributed by atoms with Crippen molar-refractivity contribution in [3.8, 4) is 0 Å². The molecule has 0 aromatic heterocycles. The quantitative estimate of drug-likeness (QED) is 0.512. The molecule has 2 aromatic rings. The number of carboxylic acid groups (broad SMARTS) is 1. The zero-order chi connectivity index (χ0) is 26.3. The highest BCUT2D eigenvalue weighted by molar-refractivity contribution is 6.21. The summed E-state index contributed by atoms with van der Waals surface area (Å²) in [6.07, 6.45) is 2.91. The first-order chi connectivity index (χ1) is 17.8. The maximum atomic E-state index is 13.9. The van der Waals surface area contributed by atoms with Gasteiger partial charge in [-0.2, -0.15) is 0 Å². The highest BCUT2D eigenvalue weighted by Crippen LogP contribution is 2.39. The maximum Gasteiger partial charge on any atom is 0.307 e. The molecule has 5 rings (SSSR count). The standard InChI is InChI=1S/C28H30N2O7/c31-14-17-11-16-9-10-29(25(33)21-7-3-4-8-22(21)28(36)37)24(23(16)12-18(17)15-32)13-30-26(34)19-5-1-2-6-20(19)27(30)35/h1-2,5-6,11-12,21-22,24,31-32H,3-4,7-10,13-15H2,(H,36,37)/t21-,22+,24-/m0/s1. The molecule has 2 aromatic carbocycles. The molecule has 0 spiro atoms. The lowest BCUT2D eigenvalue weighted by atomic mass is 9.77. The second kappa shape index (κ2) is 10.1. The van der Waals surface area contributed by atoms with E-state index < -0.39 is 35.7 Å². The van der Waals surface area contributed by atoms with E-state index in [-0.39, 0.29) is 25.7 Å². The number of carbonyl (C=O) groups is 4. The summed E-state index contributed by atoms with van der Waals surface area (Å²) in [6, 6.07) is 9.43. The average Bonchev–Trinajstić information content (AvgIpc) is 3.16. The molecular weight excluding hydrogens is 476 g/mol. The molecular formula is C28H30N2O7. The minimum absolute atomic E-state index is 0.0844. The normalized spacial score (nSPS) is 23.1. The maximum absolute atomic E-state index is 13.9. The molecule has 1 saturated carbocycles. The van der Waals surface area contributed by atoms with Crippen molar-refractivity contribution in [1.29, 1.82) is 0 Å². The smallest absolute Gasteiger partial charge is 0.307 e. The number of nitrogens with zero attached hydrogens (tertiary/aromatic N) is 2. The first-order valence-electron chi connectivity index (χ1n) is 12.7. The van der Waals surface area contributed by atoms with Gasteiger partial charge in [-0.05, 0) is 53.6 Å². The third kappa shape index (κ3) is 4.32. The van der Waals surface area contributed by atoms with Crippen LogP contribution in [0.4, 0.5) is 0 Å². The molecule has 3 N–H and O–H groups in total. The Morgan fingerprint density at radius 1 is 0.892 bits per heavy atom. The minimum Gasteiger partial charge on any atom is -0.481 e. The third-order valence-corrected chi connectivity index (χ3v) is 8.08. The van der Waals surface area contributed by atoms with Crippen LogP contribution in [0.15, 0.2) is 36.4 Å². The summed E-state index contributed by atoms with van der Waals surface area (Å²) in [7, 11) is 0. The van der Waals surface area contributed by atoms with Crippen molar-refractivity contribution in [2.75, 3.05) is 13.1 Å². The van der Waals surface area contributed by atoms with E-state index in [1.807, 2.05) is 0 Å². The van der Waals surface area contributed by atoms with Gasteiger partial charge in [0, 0.05) is 6.54 Å². The molecule has 0 radical (unpaired) electrons. The summed E-state index contributed by atoms with van der Waals surface area (Å²) in [5.74, 6) is -3.58. The van der Waals surface area contributed by atoms with Crippen LogP contribution in [0.2, 0.25) is 0 Å². The van der Waals surface area contributed by atoms with Crippen LogP contribution in [0.5, 0.6) is 0 Å². The van der Waals surface area contributed by atoms with Crippen LogP contribution in [0.1, 0.15) is 74.7 Å². The molecule has 37 heavy (non-hydrogen) atoms. The van der Waals surface area contributed by atoms with Gasteiger partial charge in [-0.15, -0.1) is 0 Å². The first kappa shape index (κ1) is 25.1. The zero-order valence-electron chi connectivity index (χ0n) is 20.4. The van der Waals surface area contributed by atoms with Crippen molar-refractivity contribution >= 4 is 23.7 Å². The molecule has 3 amide bonds. The molecule has 194 valence electrons. The number of imide groups is 1. The summed E-state index contributed by atoms with van der Waals surface area (Å²) in [5.41, 5.74) is 3.27. The largest absolute Gasteiger partial charge is 0.481 e. The van der Waals surface area contributed by atoms with Gasteiger partial charge in [0.15, 0.2) is 0 Å². The van der Waals surface area contributed by atoms with Crippen LogP contribution >= 0.6 is 0 Å². The Bertz CT molecular complexity index is 1240. The Morgan fingerprint density at radius 2 is 1.49 bits per heavy atom.